The third kappa shape index (κ3) is 3.12. The Balaban J connectivity index is 2.10. The molecule has 0 radical (unpaired) electrons. The van der Waals surface area contributed by atoms with E-state index in [1.165, 1.54) is 36.4 Å². The highest BCUT2D eigenvalue weighted by atomic mass is 16.6. The van der Waals surface area contributed by atoms with Crippen molar-refractivity contribution < 1.29 is 34.8 Å². The summed E-state index contributed by atoms with van der Waals surface area (Å²) in [5.41, 5.74) is 0.991. The molecule has 128 valence electrons. The average molecular weight is 342 g/mol. The number of cyclic esters (lactones) is 1. The van der Waals surface area contributed by atoms with E-state index in [0.717, 1.165) is 0 Å². The molecule has 0 spiro atoms. The molecule has 1 saturated heterocycles. The highest BCUT2D eigenvalue weighted by Gasteiger charge is 2.45. The Labute approximate surface area is 142 Å². The molecule has 1 aliphatic rings. The Morgan fingerprint density at radius 3 is 2.28 bits per heavy atom. The minimum Gasteiger partial charge on any atom is -0.508 e. The molecule has 0 saturated carbocycles. The lowest BCUT2D eigenvalue weighted by Gasteiger charge is -2.15. The second-order valence-electron chi connectivity index (χ2n) is 5.58. The molecule has 0 aromatic heterocycles. The topological polar surface area (TPSA) is 124 Å². The van der Waals surface area contributed by atoms with E-state index in [0.29, 0.717) is 11.1 Å². The Bertz CT molecular complexity index is 867. The monoisotopic (exact) mass is 342 g/mol. The van der Waals surface area contributed by atoms with Gasteiger partial charge in [0.25, 0.3) is 0 Å². The fourth-order valence-electron chi connectivity index (χ4n) is 2.72. The molecule has 2 aromatic rings. The van der Waals surface area contributed by atoms with Crippen molar-refractivity contribution in [1.82, 2.24) is 0 Å². The molecule has 0 aliphatic carbocycles. The fourth-order valence-corrected chi connectivity index (χ4v) is 2.72. The van der Waals surface area contributed by atoms with Gasteiger partial charge in [-0.15, -0.1) is 0 Å². The summed E-state index contributed by atoms with van der Waals surface area (Å²) in [4.78, 5) is 23.7. The number of phenolic OH excluding ortho intramolecular Hbond substituents is 3. The molecular formula is C18H14O7. The molecule has 25 heavy (non-hydrogen) atoms. The molecule has 2 atom stereocenters. The number of benzene rings is 2. The van der Waals surface area contributed by atoms with Crippen molar-refractivity contribution in [2.24, 2.45) is 0 Å². The lowest BCUT2D eigenvalue weighted by atomic mass is 9.87. The largest absolute Gasteiger partial charge is 0.508 e. The standard InChI is InChI=1S/C18H14O7/c19-11-4-1-9(2-5-11)7-12-15(16(17(22)23)25-18(12)24)10-3-6-13(20)14(21)8-10/h1-8,15-16,19-21H,(H,22,23)/b12-7-/t15-,16-/m1/s1. The van der Waals surface area contributed by atoms with Crippen LogP contribution in [0.1, 0.15) is 17.0 Å². The molecule has 4 N–H and O–H groups in total. The first-order valence-electron chi connectivity index (χ1n) is 7.33. The smallest absolute Gasteiger partial charge is 0.346 e. The number of hydrogen-bond donors (Lipinski definition) is 4. The van der Waals surface area contributed by atoms with E-state index < -0.39 is 29.7 Å². The second kappa shape index (κ2) is 6.20. The Kier molecular flexibility index (Phi) is 4.06. The van der Waals surface area contributed by atoms with Crippen molar-refractivity contribution in [2.75, 3.05) is 0 Å². The number of carboxylic acids is 1. The maximum atomic E-state index is 12.2. The van der Waals surface area contributed by atoms with Crippen molar-refractivity contribution in [3.05, 3.63) is 59.2 Å². The van der Waals surface area contributed by atoms with Crippen LogP contribution in [0.3, 0.4) is 0 Å². The van der Waals surface area contributed by atoms with E-state index >= 15 is 0 Å². The number of aliphatic carboxylic acids is 1. The first kappa shape index (κ1) is 16.4. The van der Waals surface area contributed by atoms with Gasteiger partial charge in [-0.2, -0.15) is 0 Å². The molecule has 1 heterocycles. The zero-order chi connectivity index (χ0) is 18.1. The SMILES string of the molecule is O=C1O[C@@H](C(=O)O)[C@H](c2ccc(O)c(O)c2)/C1=C/c1ccc(O)cc1. The number of carbonyl (C=O) groups is 2. The first-order valence-corrected chi connectivity index (χ1v) is 7.33. The summed E-state index contributed by atoms with van der Waals surface area (Å²) in [6.07, 6.45) is 0.0269. The van der Waals surface area contributed by atoms with Crippen LogP contribution in [0.4, 0.5) is 0 Å². The van der Waals surface area contributed by atoms with Crippen LogP contribution >= 0.6 is 0 Å². The van der Waals surface area contributed by atoms with Crippen LogP contribution in [0.2, 0.25) is 0 Å². The van der Waals surface area contributed by atoms with Gasteiger partial charge in [-0.25, -0.2) is 9.59 Å². The number of carboxylic acid groups (broad SMARTS) is 1. The van der Waals surface area contributed by atoms with E-state index in [4.69, 9.17) is 4.74 Å². The van der Waals surface area contributed by atoms with Gasteiger partial charge in [-0.05, 0) is 41.5 Å². The number of ether oxygens (including phenoxy) is 1. The van der Waals surface area contributed by atoms with Gasteiger partial charge in [0.05, 0.1) is 5.92 Å². The van der Waals surface area contributed by atoms with Gasteiger partial charge < -0.3 is 25.2 Å². The van der Waals surface area contributed by atoms with Crippen molar-refractivity contribution in [2.45, 2.75) is 12.0 Å². The molecule has 1 fully saturated rings. The van der Waals surface area contributed by atoms with Crippen LogP contribution in [0.5, 0.6) is 17.2 Å². The molecule has 7 nitrogen and oxygen atoms in total. The van der Waals surface area contributed by atoms with Gasteiger partial charge in [-0.3, -0.25) is 0 Å². The summed E-state index contributed by atoms with van der Waals surface area (Å²) >= 11 is 0. The number of hydrogen-bond acceptors (Lipinski definition) is 6. The molecule has 0 unspecified atom stereocenters. The fraction of sp³-hybridized carbons (Fsp3) is 0.111. The number of phenols is 3. The quantitative estimate of drug-likeness (QED) is 0.382. The number of esters is 1. The second-order valence-corrected chi connectivity index (χ2v) is 5.58. The predicted molar refractivity (Wildman–Crippen MR) is 86.1 cm³/mol. The highest BCUT2D eigenvalue weighted by molar-refractivity contribution is 6.01. The maximum Gasteiger partial charge on any atom is 0.346 e. The Morgan fingerprint density at radius 2 is 1.68 bits per heavy atom. The van der Waals surface area contributed by atoms with Crippen LogP contribution in [0.15, 0.2) is 48.0 Å². The van der Waals surface area contributed by atoms with Crippen LogP contribution in [-0.2, 0) is 14.3 Å². The predicted octanol–water partition coefficient (Wildman–Crippen LogP) is 1.98. The van der Waals surface area contributed by atoms with E-state index in [2.05, 4.69) is 0 Å². The molecule has 2 aromatic carbocycles. The third-order valence-corrected chi connectivity index (χ3v) is 3.92. The van der Waals surface area contributed by atoms with Crippen molar-refractivity contribution in [1.29, 1.82) is 0 Å². The van der Waals surface area contributed by atoms with Gasteiger partial charge in [0.1, 0.15) is 5.75 Å². The number of aromatic hydroxyl groups is 3. The molecule has 7 heteroatoms. The summed E-state index contributed by atoms with van der Waals surface area (Å²) in [7, 11) is 0. The zero-order valence-corrected chi connectivity index (χ0v) is 12.8. The van der Waals surface area contributed by atoms with Gasteiger partial charge in [0.15, 0.2) is 11.5 Å². The van der Waals surface area contributed by atoms with Crippen molar-refractivity contribution in [3.8, 4) is 17.2 Å². The third-order valence-electron chi connectivity index (χ3n) is 3.92. The van der Waals surface area contributed by atoms with E-state index in [-0.39, 0.29) is 17.1 Å². The molecular weight excluding hydrogens is 328 g/mol. The number of carbonyl (C=O) groups excluding carboxylic acids is 1. The lowest BCUT2D eigenvalue weighted by molar-refractivity contribution is -0.156. The summed E-state index contributed by atoms with van der Waals surface area (Å²) in [5.74, 6) is -3.78. The summed E-state index contributed by atoms with van der Waals surface area (Å²) < 4.78 is 4.97. The zero-order valence-electron chi connectivity index (χ0n) is 12.8. The van der Waals surface area contributed by atoms with Crippen LogP contribution < -0.4 is 0 Å². The molecule has 1 aliphatic heterocycles. The van der Waals surface area contributed by atoms with Crippen LogP contribution in [-0.4, -0.2) is 38.5 Å². The van der Waals surface area contributed by atoms with Crippen LogP contribution in [0, 0.1) is 0 Å². The van der Waals surface area contributed by atoms with Gasteiger partial charge in [0.2, 0.25) is 6.10 Å². The van der Waals surface area contributed by atoms with Crippen LogP contribution in [0.25, 0.3) is 6.08 Å². The number of rotatable bonds is 3. The molecule has 0 amide bonds. The first-order chi connectivity index (χ1) is 11.9. The minimum absolute atomic E-state index is 0.0552. The molecule has 0 bridgehead atoms. The maximum absolute atomic E-state index is 12.2. The molecule has 3 rings (SSSR count). The normalized spacial score (nSPS) is 21.3. The van der Waals surface area contributed by atoms with Gasteiger partial charge >= 0.3 is 11.9 Å². The lowest BCUT2D eigenvalue weighted by Crippen LogP contribution is -2.25. The van der Waals surface area contributed by atoms with E-state index in [1.807, 2.05) is 0 Å². The average Bonchev–Trinajstić information content (AvgIpc) is 2.89. The van der Waals surface area contributed by atoms with Gasteiger partial charge in [-0.1, -0.05) is 18.2 Å². The summed E-state index contributed by atoms with van der Waals surface area (Å²) in [6.45, 7) is 0. The minimum atomic E-state index is -1.44. The van der Waals surface area contributed by atoms with Crippen molar-refractivity contribution in [3.63, 3.8) is 0 Å². The summed E-state index contributed by atoms with van der Waals surface area (Å²) in [6, 6.07) is 9.82. The highest BCUT2D eigenvalue weighted by Crippen LogP contribution is 2.40. The van der Waals surface area contributed by atoms with Crippen molar-refractivity contribution >= 4 is 18.0 Å². The Morgan fingerprint density at radius 1 is 1.00 bits per heavy atom. The Hall–Kier alpha value is -3.48. The van der Waals surface area contributed by atoms with E-state index in [9.17, 15) is 30.0 Å². The summed E-state index contributed by atoms with van der Waals surface area (Å²) in [5, 5.41) is 37.8. The van der Waals surface area contributed by atoms with E-state index in [1.54, 1.807) is 12.1 Å². The van der Waals surface area contributed by atoms with Gasteiger partial charge in [0, 0.05) is 5.57 Å².